The standard InChI is InChI=1S/C18H18N4O2/c1-13-9-14(11-19-10-13)21-5-7-22(8-6-21)18(23)15-3-2-4-16-17(15)24-12-20-16/h2-4,9-12H,5-8H2,1H3. The van der Waals surface area contributed by atoms with E-state index in [1.54, 1.807) is 6.07 Å². The molecule has 1 saturated heterocycles. The van der Waals surface area contributed by atoms with E-state index < -0.39 is 0 Å². The Morgan fingerprint density at radius 1 is 1.17 bits per heavy atom. The van der Waals surface area contributed by atoms with Crippen LogP contribution >= 0.6 is 0 Å². The van der Waals surface area contributed by atoms with Gasteiger partial charge in [-0.2, -0.15) is 0 Å². The summed E-state index contributed by atoms with van der Waals surface area (Å²) < 4.78 is 5.39. The van der Waals surface area contributed by atoms with Crippen molar-refractivity contribution >= 4 is 22.7 Å². The van der Waals surface area contributed by atoms with Crippen LogP contribution in [0, 0.1) is 6.92 Å². The van der Waals surface area contributed by atoms with Crippen LogP contribution in [-0.2, 0) is 0 Å². The van der Waals surface area contributed by atoms with Gasteiger partial charge in [0.25, 0.3) is 5.91 Å². The molecule has 0 atom stereocenters. The molecule has 1 amide bonds. The molecule has 2 aromatic heterocycles. The first-order valence-electron chi connectivity index (χ1n) is 8.00. The Bertz CT molecular complexity index is 881. The number of benzene rings is 1. The number of oxazole rings is 1. The van der Waals surface area contributed by atoms with Gasteiger partial charge in [0.1, 0.15) is 5.52 Å². The second kappa shape index (κ2) is 5.96. The number of hydrogen-bond acceptors (Lipinski definition) is 5. The highest BCUT2D eigenvalue weighted by molar-refractivity contribution is 6.04. The van der Waals surface area contributed by atoms with Gasteiger partial charge in [0.05, 0.1) is 17.4 Å². The van der Waals surface area contributed by atoms with Gasteiger partial charge >= 0.3 is 0 Å². The van der Waals surface area contributed by atoms with E-state index in [2.05, 4.69) is 20.9 Å². The maximum atomic E-state index is 12.8. The second-order valence-electron chi connectivity index (χ2n) is 6.01. The van der Waals surface area contributed by atoms with Gasteiger partial charge in [-0.15, -0.1) is 0 Å². The Morgan fingerprint density at radius 2 is 2.00 bits per heavy atom. The number of para-hydroxylation sites is 1. The van der Waals surface area contributed by atoms with E-state index in [9.17, 15) is 4.79 Å². The maximum absolute atomic E-state index is 12.8. The van der Waals surface area contributed by atoms with E-state index in [0.717, 1.165) is 24.3 Å². The maximum Gasteiger partial charge on any atom is 0.257 e. The van der Waals surface area contributed by atoms with E-state index >= 15 is 0 Å². The molecule has 24 heavy (non-hydrogen) atoms. The molecule has 4 rings (SSSR count). The minimum atomic E-state index is -0.000586. The summed E-state index contributed by atoms with van der Waals surface area (Å²) in [6.07, 6.45) is 5.10. The lowest BCUT2D eigenvalue weighted by Gasteiger charge is -2.36. The van der Waals surface area contributed by atoms with Crippen molar-refractivity contribution in [2.45, 2.75) is 6.92 Å². The van der Waals surface area contributed by atoms with Crippen LogP contribution in [0.2, 0.25) is 0 Å². The number of anilines is 1. The van der Waals surface area contributed by atoms with Crippen molar-refractivity contribution in [1.82, 2.24) is 14.9 Å². The van der Waals surface area contributed by atoms with Crippen LogP contribution in [0.3, 0.4) is 0 Å². The largest absolute Gasteiger partial charge is 0.443 e. The normalized spacial score (nSPS) is 15.0. The smallest absolute Gasteiger partial charge is 0.257 e. The molecule has 0 N–H and O–H groups in total. The van der Waals surface area contributed by atoms with Gasteiger partial charge in [-0.05, 0) is 30.7 Å². The van der Waals surface area contributed by atoms with E-state index in [4.69, 9.17) is 4.42 Å². The zero-order valence-corrected chi connectivity index (χ0v) is 13.5. The van der Waals surface area contributed by atoms with Crippen molar-refractivity contribution in [3.05, 3.63) is 54.2 Å². The van der Waals surface area contributed by atoms with E-state index in [1.165, 1.54) is 6.39 Å². The molecular formula is C18H18N4O2. The van der Waals surface area contributed by atoms with Crippen LogP contribution in [0.1, 0.15) is 15.9 Å². The SMILES string of the molecule is Cc1cncc(N2CCN(C(=O)c3cccc4ncoc34)CC2)c1. The number of carbonyl (C=O) groups excluding carboxylic acids is 1. The Balaban J connectivity index is 1.49. The lowest BCUT2D eigenvalue weighted by atomic mass is 10.1. The summed E-state index contributed by atoms with van der Waals surface area (Å²) in [5.74, 6) is -0.000586. The van der Waals surface area contributed by atoms with E-state index in [0.29, 0.717) is 29.8 Å². The Hall–Kier alpha value is -2.89. The predicted molar refractivity (Wildman–Crippen MR) is 91.1 cm³/mol. The number of aryl methyl sites for hydroxylation is 1. The lowest BCUT2D eigenvalue weighted by molar-refractivity contribution is 0.0747. The molecule has 1 aliphatic rings. The molecular weight excluding hydrogens is 304 g/mol. The highest BCUT2D eigenvalue weighted by Gasteiger charge is 2.24. The third-order valence-electron chi connectivity index (χ3n) is 4.38. The third-order valence-corrected chi connectivity index (χ3v) is 4.38. The highest BCUT2D eigenvalue weighted by atomic mass is 16.3. The molecule has 0 unspecified atom stereocenters. The zero-order valence-electron chi connectivity index (χ0n) is 13.5. The zero-order chi connectivity index (χ0) is 16.5. The molecule has 122 valence electrons. The summed E-state index contributed by atoms with van der Waals surface area (Å²) in [7, 11) is 0. The van der Waals surface area contributed by atoms with E-state index in [1.807, 2.05) is 36.4 Å². The molecule has 1 aliphatic heterocycles. The van der Waals surface area contributed by atoms with Crippen molar-refractivity contribution in [1.29, 1.82) is 0 Å². The predicted octanol–water partition coefficient (Wildman–Crippen LogP) is 2.49. The fourth-order valence-corrected chi connectivity index (χ4v) is 3.10. The molecule has 6 nitrogen and oxygen atoms in total. The first-order chi connectivity index (χ1) is 11.7. The summed E-state index contributed by atoms with van der Waals surface area (Å²) in [6.45, 7) is 4.98. The van der Waals surface area contributed by atoms with Gasteiger partial charge in [-0.1, -0.05) is 6.07 Å². The van der Waals surface area contributed by atoms with Crippen molar-refractivity contribution < 1.29 is 9.21 Å². The minimum absolute atomic E-state index is 0.000586. The fourth-order valence-electron chi connectivity index (χ4n) is 3.10. The Labute approximate surface area is 139 Å². The summed E-state index contributed by atoms with van der Waals surface area (Å²) in [5, 5.41) is 0. The van der Waals surface area contributed by atoms with Crippen molar-refractivity contribution in [2.24, 2.45) is 0 Å². The molecule has 0 aliphatic carbocycles. The van der Waals surface area contributed by atoms with Gasteiger partial charge in [-0.3, -0.25) is 9.78 Å². The molecule has 3 heterocycles. The monoisotopic (exact) mass is 322 g/mol. The summed E-state index contributed by atoms with van der Waals surface area (Å²) in [4.78, 5) is 25.3. The highest BCUT2D eigenvalue weighted by Crippen LogP contribution is 2.21. The Kier molecular flexibility index (Phi) is 3.65. The average Bonchev–Trinajstić information content (AvgIpc) is 3.10. The quantitative estimate of drug-likeness (QED) is 0.725. The van der Waals surface area contributed by atoms with Crippen LogP contribution < -0.4 is 4.90 Å². The molecule has 0 bridgehead atoms. The van der Waals surface area contributed by atoms with Crippen molar-refractivity contribution in [3.63, 3.8) is 0 Å². The van der Waals surface area contributed by atoms with E-state index in [-0.39, 0.29) is 5.91 Å². The summed E-state index contributed by atoms with van der Waals surface area (Å²) in [6, 6.07) is 7.61. The molecule has 6 heteroatoms. The molecule has 1 aromatic carbocycles. The molecule has 1 fully saturated rings. The van der Waals surface area contributed by atoms with Crippen LogP contribution in [-0.4, -0.2) is 47.0 Å². The van der Waals surface area contributed by atoms with Crippen molar-refractivity contribution in [2.75, 3.05) is 31.1 Å². The fraction of sp³-hybridized carbons (Fsp3) is 0.278. The molecule has 3 aromatic rings. The minimum Gasteiger partial charge on any atom is -0.443 e. The molecule has 0 radical (unpaired) electrons. The summed E-state index contributed by atoms with van der Waals surface area (Å²) in [5.41, 5.74) is 4.11. The van der Waals surface area contributed by atoms with Crippen LogP contribution in [0.4, 0.5) is 5.69 Å². The number of pyridine rings is 1. The second-order valence-corrected chi connectivity index (χ2v) is 6.01. The number of rotatable bonds is 2. The molecule has 0 saturated carbocycles. The Morgan fingerprint density at radius 3 is 2.79 bits per heavy atom. The van der Waals surface area contributed by atoms with Crippen LogP contribution in [0.5, 0.6) is 0 Å². The van der Waals surface area contributed by atoms with Crippen LogP contribution in [0.25, 0.3) is 11.1 Å². The van der Waals surface area contributed by atoms with Gasteiger partial charge < -0.3 is 14.2 Å². The number of amides is 1. The molecule has 0 spiro atoms. The lowest BCUT2D eigenvalue weighted by Crippen LogP contribution is -2.48. The number of aromatic nitrogens is 2. The first-order valence-corrected chi connectivity index (χ1v) is 8.00. The van der Waals surface area contributed by atoms with Gasteiger partial charge in [-0.25, -0.2) is 4.98 Å². The van der Waals surface area contributed by atoms with Crippen LogP contribution in [0.15, 0.2) is 47.5 Å². The number of nitrogens with zero attached hydrogens (tertiary/aromatic N) is 4. The first kappa shape index (κ1) is 14.7. The summed E-state index contributed by atoms with van der Waals surface area (Å²) >= 11 is 0. The van der Waals surface area contributed by atoms with Gasteiger partial charge in [0.15, 0.2) is 12.0 Å². The number of carbonyl (C=O) groups is 1. The van der Waals surface area contributed by atoms with Gasteiger partial charge in [0.2, 0.25) is 0 Å². The van der Waals surface area contributed by atoms with Crippen molar-refractivity contribution in [3.8, 4) is 0 Å². The van der Waals surface area contributed by atoms with Gasteiger partial charge in [0, 0.05) is 32.4 Å². The topological polar surface area (TPSA) is 62.5 Å². The number of fused-ring (bicyclic) bond motifs is 1. The average molecular weight is 322 g/mol. The number of piperazine rings is 1. The number of hydrogen-bond donors (Lipinski definition) is 0. The third kappa shape index (κ3) is 2.60.